The van der Waals surface area contributed by atoms with Crippen molar-refractivity contribution >= 4 is 17.7 Å². The van der Waals surface area contributed by atoms with Gasteiger partial charge in [-0.1, -0.05) is 41.6 Å². The molecule has 7 heteroatoms. The highest BCUT2D eigenvalue weighted by Gasteiger charge is 2.11. The Hall–Kier alpha value is -2.02. The van der Waals surface area contributed by atoms with E-state index >= 15 is 0 Å². The van der Waals surface area contributed by atoms with Gasteiger partial charge in [0.25, 0.3) is 0 Å². The summed E-state index contributed by atoms with van der Waals surface area (Å²) in [5.41, 5.74) is 1.74. The van der Waals surface area contributed by atoms with Gasteiger partial charge < -0.3 is 5.11 Å². The van der Waals surface area contributed by atoms with Crippen LogP contribution in [0.15, 0.2) is 34.2 Å². The maximum Gasteiger partial charge on any atom is 0.344 e. The van der Waals surface area contributed by atoms with E-state index in [4.69, 9.17) is 5.11 Å². The van der Waals surface area contributed by atoms with Crippen molar-refractivity contribution in [3.8, 4) is 0 Å². The van der Waals surface area contributed by atoms with E-state index in [2.05, 4.69) is 10.2 Å². The van der Waals surface area contributed by atoms with E-state index in [9.17, 15) is 9.59 Å². The van der Waals surface area contributed by atoms with Crippen LogP contribution >= 0.6 is 11.8 Å². The van der Waals surface area contributed by atoms with Crippen molar-refractivity contribution in [1.82, 2.24) is 14.8 Å². The van der Waals surface area contributed by atoms with Crippen LogP contribution in [0, 0.1) is 6.92 Å². The molecule has 0 amide bonds. The van der Waals surface area contributed by atoms with Crippen LogP contribution in [0.2, 0.25) is 0 Å². The van der Waals surface area contributed by atoms with Gasteiger partial charge in [0.05, 0.1) is 12.3 Å². The number of hydrogen-bond acceptors (Lipinski definition) is 4. The van der Waals surface area contributed by atoms with Crippen molar-refractivity contribution in [2.24, 2.45) is 0 Å². The highest BCUT2D eigenvalue weighted by atomic mass is 32.2. The first-order valence-electron chi connectivity index (χ1n) is 5.61. The molecule has 2 rings (SSSR count). The zero-order valence-electron chi connectivity index (χ0n) is 10.3. The van der Waals surface area contributed by atoms with Gasteiger partial charge >= 0.3 is 11.7 Å². The maximum absolute atomic E-state index is 11.7. The number of aromatic amines is 1. The summed E-state index contributed by atoms with van der Waals surface area (Å²) in [5, 5.41) is 15.2. The molecule has 0 aliphatic heterocycles. The quantitative estimate of drug-likeness (QED) is 0.800. The molecule has 2 N–H and O–H groups in total. The summed E-state index contributed by atoms with van der Waals surface area (Å²) in [4.78, 5) is 22.2. The van der Waals surface area contributed by atoms with Crippen LogP contribution in [0.4, 0.5) is 0 Å². The first-order valence-corrected chi connectivity index (χ1v) is 6.60. The van der Waals surface area contributed by atoms with Gasteiger partial charge in [-0.2, -0.15) is 0 Å². The SMILES string of the molecule is Cc1cccc(Cn2c(SCC(=O)O)n[nH]c2=O)c1. The van der Waals surface area contributed by atoms with Crippen molar-refractivity contribution in [3.63, 3.8) is 0 Å². The maximum atomic E-state index is 11.7. The second kappa shape index (κ2) is 5.75. The van der Waals surface area contributed by atoms with E-state index in [0.717, 1.165) is 22.9 Å². The van der Waals surface area contributed by atoms with E-state index in [1.54, 1.807) is 0 Å². The predicted molar refractivity (Wildman–Crippen MR) is 71.5 cm³/mol. The van der Waals surface area contributed by atoms with Crippen LogP contribution in [0.3, 0.4) is 0 Å². The number of hydrogen-bond donors (Lipinski definition) is 2. The first-order chi connectivity index (χ1) is 9.06. The lowest BCUT2D eigenvalue weighted by atomic mass is 10.1. The molecule has 2 aromatic rings. The summed E-state index contributed by atoms with van der Waals surface area (Å²) in [5.74, 6) is -1.07. The number of thioether (sulfide) groups is 1. The van der Waals surface area contributed by atoms with Gasteiger partial charge in [0.1, 0.15) is 0 Å². The minimum Gasteiger partial charge on any atom is -0.481 e. The molecule has 0 unspecified atom stereocenters. The van der Waals surface area contributed by atoms with Crippen LogP contribution < -0.4 is 5.69 Å². The van der Waals surface area contributed by atoms with E-state index in [1.807, 2.05) is 31.2 Å². The number of H-pyrrole nitrogens is 1. The lowest BCUT2D eigenvalue weighted by Gasteiger charge is -2.05. The summed E-state index contributed by atoms with van der Waals surface area (Å²) < 4.78 is 1.43. The number of carbonyl (C=O) groups is 1. The molecule has 1 aromatic carbocycles. The number of carboxylic acids is 1. The van der Waals surface area contributed by atoms with Crippen LogP contribution in [0.5, 0.6) is 0 Å². The number of aromatic nitrogens is 3. The Morgan fingerprint density at radius 3 is 3.00 bits per heavy atom. The van der Waals surface area contributed by atoms with Gasteiger partial charge in [-0.25, -0.2) is 9.89 Å². The highest BCUT2D eigenvalue weighted by Crippen LogP contribution is 2.14. The van der Waals surface area contributed by atoms with Crippen LogP contribution in [-0.4, -0.2) is 31.6 Å². The van der Waals surface area contributed by atoms with Crippen molar-refractivity contribution in [2.75, 3.05) is 5.75 Å². The van der Waals surface area contributed by atoms with Crippen LogP contribution in [-0.2, 0) is 11.3 Å². The Balaban J connectivity index is 2.22. The Morgan fingerprint density at radius 2 is 2.32 bits per heavy atom. The molecule has 0 bridgehead atoms. The molecule has 0 spiro atoms. The summed E-state index contributed by atoms with van der Waals surface area (Å²) in [6.07, 6.45) is 0. The summed E-state index contributed by atoms with van der Waals surface area (Å²) in [7, 11) is 0. The van der Waals surface area contributed by atoms with E-state index in [-0.39, 0.29) is 11.4 Å². The molecule has 0 fully saturated rings. The molecule has 0 atom stereocenters. The Kier molecular flexibility index (Phi) is 4.06. The van der Waals surface area contributed by atoms with Gasteiger partial charge in [0.15, 0.2) is 5.16 Å². The first kappa shape index (κ1) is 13.4. The minimum atomic E-state index is -0.942. The van der Waals surface area contributed by atoms with Crippen LogP contribution in [0.25, 0.3) is 0 Å². The number of nitrogens with zero attached hydrogens (tertiary/aromatic N) is 2. The highest BCUT2D eigenvalue weighted by molar-refractivity contribution is 7.99. The Labute approximate surface area is 113 Å². The second-order valence-electron chi connectivity index (χ2n) is 4.07. The lowest BCUT2D eigenvalue weighted by Crippen LogP contribution is -2.18. The number of aryl methyl sites for hydroxylation is 1. The number of carboxylic acid groups (broad SMARTS) is 1. The fourth-order valence-electron chi connectivity index (χ4n) is 1.67. The molecule has 0 radical (unpaired) electrons. The summed E-state index contributed by atoms with van der Waals surface area (Å²) in [6.45, 7) is 2.35. The topological polar surface area (TPSA) is 88.0 Å². The number of nitrogens with one attached hydrogen (secondary N) is 1. The largest absolute Gasteiger partial charge is 0.481 e. The van der Waals surface area contributed by atoms with Crippen molar-refractivity contribution < 1.29 is 9.90 Å². The van der Waals surface area contributed by atoms with E-state index in [1.165, 1.54) is 4.57 Å². The third kappa shape index (κ3) is 3.47. The lowest BCUT2D eigenvalue weighted by molar-refractivity contribution is -0.133. The van der Waals surface area contributed by atoms with E-state index in [0.29, 0.717) is 11.7 Å². The fourth-order valence-corrected chi connectivity index (χ4v) is 2.34. The Bertz CT molecular complexity index is 648. The average Bonchev–Trinajstić information content (AvgIpc) is 2.68. The standard InChI is InChI=1S/C12H13N3O3S/c1-8-3-2-4-9(5-8)6-15-11(18)13-14-12(15)19-7-10(16)17/h2-5H,6-7H2,1H3,(H,13,18)(H,16,17). The normalized spacial score (nSPS) is 10.6. The molecule has 100 valence electrons. The molecular weight excluding hydrogens is 266 g/mol. The molecule has 1 heterocycles. The third-order valence-corrected chi connectivity index (χ3v) is 3.43. The third-order valence-electron chi connectivity index (χ3n) is 2.47. The molecule has 1 aromatic heterocycles. The Morgan fingerprint density at radius 1 is 1.53 bits per heavy atom. The van der Waals surface area contributed by atoms with Crippen molar-refractivity contribution in [3.05, 3.63) is 45.9 Å². The van der Waals surface area contributed by atoms with Gasteiger partial charge in [-0.3, -0.25) is 9.36 Å². The molecular formula is C12H13N3O3S. The number of aliphatic carboxylic acids is 1. The molecule has 6 nitrogen and oxygen atoms in total. The second-order valence-corrected chi connectivity index (χ2v) is 5.01. The van der Waals surface area contributed by atoms with Gasteiger partial charge in [0, 0.05) is 0 Å². The molecule has 0 aliphatic rings. The smallest absolute Gasteiger partial charge is 0.344 e. The number of rotatable bonds is 5. The van der Waals surface area contributed by atoms with Crippen molar-refractivity contribution in [2.45, 2.75) is 18.6 Å². The molecule has 0 saturated heterocycles. The minimum absolute atomic E-state index is 0.127. The molecule has 0 aliphatic carbocycles. The summed E-state index contributed by atoms with van der Waals surface area (Å²) in [6, 6.07) is 7.78. The fraction of sp³-hybridized carbons (Fsp3) is 0.250. The zero-order chi connectivity index (χ0) is 13.8. The van der Waals surface area contributed by atoms with E-state index < -0.39 is 5.97 Å². The monoisotopic (exact) mass is 279 g/mol. The molecule has 0 saturated carbocycles. The average molecular weight is 279 g/mol. The summed E-state index contributed by atoms with van der Waals surface area (Å²) >= 11 is 1.02. The molecule has 19 heavy (non-hydrogen) atoms. The van der Waals surface area contributed by atoms with Gasteiger partial charge in [-0.05, 0) is 12.5 Å². The zero-order valence-corrected chi connectivity index (χ0v) is 11.1. The van der Waals surface area contributed by atoms with Gasteiger partial charge in [-0.15, -0.1) is 5.10 Å². The van der Waals surface area contributed by atoms with Crippen LogP contribution in [0.1, 0.15) is 11.1 Å². The number of benzene rings is 1. The van der Waals surface area contributed by atoms with Gasteiger partial charge in [0.2, 0.25) is 0 Å². The van der Waals surface area contributed by atoms with Crippen molar-refractivity contribution in [1.29, 1.82) is 0 Å². The predicted octanol–water partition coefficient (Wildman–Crippen LogP) is 1.10.